The summed E-state index contributed by atoms with van der Waals surface area (Å²) >= 11 is 0. The Morgan fingerprint density at radius 2 is 1.78 bits per heavy atom. The molecule has 0 aliphatic heterocycles. The van der Waals surface area contributed by atoms with E-state index in [-0.39, 0.29) is 10.8 Å². The molecule has 23 heavy (non-hydrogen) atoms. The molecule has 0 radical (unpaired) electrons. The van der Waals surface area contributed by atoms with E-state index in [1.54, 1.807) is 7.11 Å². The first kappa shape index (κ1) is 19.4. The van der Waals surface area contributed by atoms with E-state index < -0.39 is 0 Å². The van der Waals surface area contributed by atoms with Gasteiger partial charge in [0.15, 0.2) is 5.75 Å². The quantitative estimate of drug-likeness (QED) is 0.683. The normalized spacial score (nSPS) is 13.1. The van der Waals surface area contributed by atoms with E-state index in [4.69, 9.17) is 10.5 Å². The molecule has 3 N–H and O–H groups in total. The number of hydrogen-bond donors (Lipinski definition) is 2. The summed E-state index contributed by atoms with van der Waals surface area (Å²) in [6.45, 7) is 15.5. The molecule has 0 bridgehead atoms. The lowest BCUT2D eigenvalue weighted by Crippen LogP contribution is -2.15. The van der Waals surface area contributed by atoms with Crippen molar-refractivity contribution in [2.75, 3.05) is 18.2 Å². The Kier molecular flexibility index (Phi) is 6.15. The topological polar surface area (TPSA) is 47.3 Å². The van der Waals surface area contributed by atoms with Gasteiger partial charge in [-0.05, 0) is 41.4 Å². The molecule has 0 unspecified atom stereocenters. The van der Waals surface area contributed by atoms with Crippen LogP contribution in [0.5, 0.6) is 5.75 Å². The van der Waals surface area contributed by atoms with Crippen molar-refractivity contribution in [3.8, 4) is 5.75 Å². The first-order valence-corrected chi connectivity index (χ1v) is 8.42. The van der Waals surface area contributed by atoms with Crippen molar-refractivity contribution in [1.82, 2.24) is 0 Å². The standard InChI is InChI=1S/C20H34N2O/c1-9-10-15(13-19(2,3)4)22-17-12-14(20(5,6)7)11-16(21)18(17)23-8/h10-12,22H,9,13,21H2,1-8H3/b15-10+. The molecular weight excluding hydrogens is 284 g/mol. The summed E-state index contributed by atoms with van der Waals surface area (Å²) in [5.41, 5.74) is 10.5. The molecule has 0 fully saturated rings. The van der Waals surface area contributed by atoms with Crippen molar-refractivity contribution in [1.29, 1.82) is 0 Å². The van der Waals surface area contributed by atoms with Gasteiger partial charge in [-0.1, -0.05) is 54.5 Å². The van der Waals surface area contributed by atoms with E-state index in [2.05, 4.69) is 65.9 Å². The number of methoxy groups -OCH3 is 1. The van der Waals surface area contributed by atoms with Crippen LogP contribution in [0.25, 0.3) is 0 Å². The van der Waals surface area contributed by atoms with E-state index in [9.17, 15) is 0 Å². The summed E-state index contributed by atoms with van der Waals surface area (Å²) in [6.07, 6.45) is 4.21. The van der Waals surface area contributed by atoms with E-state index in [0.717, 1.165) is 18.5 Å². The van der Waals surface area contributed by atoms with Gasteiger partial charge in [-0.25, -0.2) is 0 Å². The van der Waals surface area contributed by atoms with Crippen LogP contribution in [0.1, 0.15) is 66.9 Å². The highest BCUT2D eigenvalue weighted by Crippen LogP contribution is 2.38. The number of nitrogen functional groups attached to an aromatic ring is 1. The maximum absolute atomic E-state index is 6.22. The summed E-state index contributed by atoms with van der Waals surface area (Å²) in [6, 6.07) is 4.17. The van der Waals surface area contributed by atoms with Crippen molar-refractivity contribution in [2.45, 2.75) is 66.7 Å². The molecule has 0 spiro atoms. The third-order valence-corrected chi connectivity index (χ3v) is 3.65. The zero-order chi connectivity index (χ0) is 17.8. The van der Waals surface area contributed by atoms with Gasteiger partial charge in [0.05, 0.1) is 18.5 Å². The van der Waals surface area contributed by atoms with Crippen molar-refractivity contribution < 1.29 is 4.74 Å². The Balaban J connectivity index is 3.28. The molecule has 0 atom stereocenters. The Labute approximate surface area is 142 Å². The number of benzene rings is 1. The Morgan fingerprint density at radius 1 is 1.17 bits per heavy atom. The summed E-state index contributed by atoms with van der Waals surface area (Å²) in [5.74, 6) is 0.717. The minimum absolute atomic E-state index is 0.0372. The number of anilines is 2. The van der Waals surface area contributed by atoms with Crippen LogP contribution in [0.15, 0.2) is 23.9 Å². The minimum Gasteiger partial charge on any atom is -0.492 e. The van der Waals surface area contributed by atoms with Crippen molar-refractivity contribution in [3.05, 3.63) is 29.5 Å². The summed E-state index contributed by atoms with van der Waals surface area (Å²) in [4.78, 5) is 0. The fourth-order valence-electron chi connectivity index (χ4n) is 2.56. The Morgan fingerprint density at radius 3 is 2.22 bits per heavy atom. The number of nitrogens with one attached hydrogen (secondary N) is 1. The molecule has 3 nitrogen and oxygen atoms in total. The molecule has 1 rings (SSSR count). The zero-order valence-corrected chi connectivity index (χ0v) is 16.1. The minimum atomic E-state index is 0.0372. The lowest BCUT2D eigenvalue weighted by Gasteiger charge is -2.25. The Bertz CT molecular complexity index is 560. The molecule has 0 saturated carbocycles. The second kappa shape index (κ2) is 7.29. The summed E-state index contributed by atoms with van der Waals surface area (Å²) in [5, 5.41) is 3.57. The molecular formula is C20H34N2O. The molecule has 0 aliphatic rings. The van der Waals surface area contributed by atoms with Gasteiger partial charge >= 0.3 is 0 Å². The summed E-state index contributed by atoms with van der Waals surface area (Å²) in [7, 11) is 1.67. The van der Waals surface area contributed by atoms with E-state index in [1.807, 2.05) is 6.07 Å². The van der Waals surface area contributed by atoms with Crippen LogP contribution in [0.4, 0.5) is 11.4 Å². The average molecular weight is 319 g/mol. The number of rotatable bonds is 5. The van der Waals surface area contributed by atoms with Crippen molar-refractivity contribution in [2.24, 2.45) is 5.41 Å². The molecule has 0 amide bonds. The smallest absolute Gasteiger partial charge is 0.165 e. The lowest BCUT2D eigenvalue weighted by molar-refractivity contribution is 0.407. The molecule has 0 heterocycles. The van der Waals surface area contributed by atoms with Crippen LogP contribution >= 0.6 is 0 Å². The average Bonchev–Trinajstić information content (AvgIpc) is 2.35. The van der Waals surface area contributed by atoms with Crippen LogP contribution < -0.4 is 15.8 Å². The first-order chi connectivity index (χ1) is 10.5. The van der Waals surface area contributed by atoms with E-state index in [1.165, 1.54) is 11.3 Å². The molecule has 130 valence electrons. The fourth-order valence-corrected chi connectivity index (χ4v) is 2.56. The van der Waals surface area contributed by atoms with Crippen LogP contribution in [-0.4, -0.2) is 7.11 Å². The van der Waals surface area contributed by atoms with Crippen molar-refractivity contribution >= 4 is 11.4 Å². The maximum Gasteiger partial charge on any atom is 0.165 e. The van der Waals surface area contributed by atoms with Gasteiger partial charge in [0.25, 0.3) is 0 Å². The Hall–Kier alpha value is -1.64. The molecule has 3 heteroatoms. The van der Waals surface area contributed by atoms with Crippen LogP contribution in [0.3, 0.4) is 0 Å². The number of hydrogen-bond acceptors (Lipinski definition) is 3. The second-order valence-corrected chi connectivity index (χ2v) is 8.40. The molecule has 0 aliphatic carbocycles. The number of ether oxygens (including phenoxy) is 1. The van der Waals surface area contributed by atoms with Gasteiger partial charge in [0, 0.05) is 5.70 Å². The third-order valence-electron chi connectivity index (χ3n) is 3.65. The first-order valence-electron chi connectivity index (χ1n) is 8.42. The number of nitrogens with two attached hydrogens (primary N) is 1. The highest BCUT2D eigenvalue weighted by atomic mass is 16.5. The van der Waals surface area contributed by atoms with Gasteiger partial charge in [0.1, 0.15) is 0 Å². The van der Waals surface area contributed by atoms with Gasteiger partial charge in [0.2, 0.25) is 0 Å². The van der Waals surface area contributed by atoms with Crippen molar-refractivity contribution in [3.63, 3.8) is 0 Å². The van der Waals surface area contributed by atoms with Gasteiger partial charge in [-0.3, -0.25) is 0 Å². The number of allylic oxidation sites excluding steroid dienone is 2. The largest absolute Gasteiger partial charge is 0.492 e. The fraction of sp³-hybridized carbons (Fsp3) is 0.600. The van der Waals surface area contributed by atoms with Crippen LogP contribution in [0, 0.1) is 5.41 Å². The van der Waals surface area contributed by atoms with Gasteiger partial charge in [-0.15, -0.1) is 0 Å². The van der Waals surface area contributed by atoms with Crippen LogP contribution in [0.2, 0.25) is 0 Å². The SMILES string of the molecule is CC/C=C(\CC(C)(C)C)Nc1cc(C(C)(C)C)cc(N)c1OC. The second-order valence-electron chi connectivity index (χ2n) is 8.40. The predicted octanol–water partition coefficient (Wildman–Crippen LogP) is 5.72. The summed E-state index contributed by atoms with van der Waals surface area (Å²) < 4.78 is 5.54. The lowest BCUT2D eigenvalue weighted by atomic mass is 9.86. The van der Waals surface area contributed by atoms with Gasteiger partial charge < -0.3 is 15.8 Å². The van der Waals surface area contributed by atoms with Gasteiger partial charge in [-0.2, -0.15) is 0 Å². The molecule has 0 aromatic heterocycles. The molecule has 0 saturated heterocycles. The van der Waals surface area contributed by atoms with Crippen LogP contribution in [-0.2, 0) is 5.41 Å². The van der Waals surface area contributed by atoms with E-state index >= 15 is 0 Å². The predicted molar refractivity (Wildman–Crippen MR) is 102 cm³/mol. The third kappa shape index (κ3) is 5.81. The van der Waals surface area contributed by atoms with E-state index in [0.29, 0.717) is 11.4 Å². The highest BCUT2D eigenvalue weighted by Gasteiger charge is 2.20. The molecule has 1 aromatic rings. The molecule has 1 aromatic carbocycles. The highest BCUT2D eigenvalue weighted by molar-refractivity contribution is 5.73. The maximum atomic E-state index is 6.22. The zero-order valence-electron chi connectivity index (χ0n) is 16.1. The monoisotopic (exact) mass is 318 g/mol.